The molecule has 2 aliphatic rings. The van der Waals surface area contributed by atoms with Gasteiger partial charge in [0.05, 0.1) is 25.6 Å². The molecule has 8 nitrogen and oxygen atoms in total. The van der Waals surface area contributed by atoms with Crippen LogP contribution in [0, 0.1) is 10.1 Å². The fraction of sp³-hybridized carbons (Fsp3) is 0.519. The van der Waals surface area contributed by atoms with Crippen LogP contribution in [-0.2, 0) is 24.1 Å². The molecule has 0 radical (unpaired) electrons. The topological polar surface area (TPSA) is 85.2 Å². The molecule has 4 rings (SSSR count). The third-order valence-electron chi connectivity index (χ3n) is 7.54. The molecule has 2 atom stereocenters. The van der Waals surface area contributed by atoms with E-state index in [9.17, 15) is 14.9 Å². The molecule has 0 saturated carbocycles. The van der Waals surface area contributed by atoms with Gasteiger partial charge in [-0.2, -0.15) is 0 Å². The normalized spacial score (nSPS) is 19.6. The maximum Gasteiger partial charge on any atom is 0.269 e. The summed E-state index contributed by atoms with van der Waals surface area (Å²) in [7, 11) is 3.25. The second-order valence-electron chi connectivity index (χ2n) is 9.50. The van der Waals surface area contributed by atoms with Gasteiger partial charge in [0.15, 0.2) is 11.5 Å². The standard InChI is InChI=1S/C27H35N3O5/c1-19(29-15-12-21-16-25(34-2)26(35-3)17-22(21)18-27(29)31)24-6-4-5-13-28(24)14-11-20-7-9-23(10-8-20)30(32)33/h7-10,16-17,19,24H,4-6,11-15,18H2,1-3H3. The highest BCUT2D eigenvalue weighted by Gasteiger charge is 2.34. The van der Waals surface area contributed by atoms with E-state index < -0.39 is 0 Å². The summed E-state index contributed by atoms with van der Waals surface area (Å²) < 4.78 is 10.9. The number of rotatable bonds is 8. The Balaban J connectivity index is 1.44. The molecular formula is C27H35N3O5. The molecule has 2 aromatic carbocycles. The Bertz CT molecular complexity index is 1060. The highest BCUT2D eigenvalue weighted by Crippen LogP contribution is 2.33. The van der Waals surface area contributed by atoms with Gasteiger partial charge >= 0.3 is 0 Å². The molecule has 2 unspecified atom stereocenters. The molecule has 0 spiro atoms. The smallest absolute Gasteiger partial charge is 0.269 e. The maximum atomic E-state index is 13.4. The summed E-state index contributed by atoms with van der Waals surface area (Å²) in [6.45, 7) is 4.77. The average molecular weight is 482 g/mol. The van der Waals surface area contributed by atoms with E-state index in [-0.39, 0.29) is 22.6 Å². The minimum absolute atomic E-state index is 0.109. The van der Waals surface area contributed by atoms with Gasteiger partial charge in [-0.15, -0.1) is 0 Å². The van der Waals surface area contributed by atoms with E-state index in [1.54, 1.807) is 26.4 Å². The Morgan fingerprint density at radius 1 is 1.06 bits per heavy atom. The number of non-ortho nitro benzene ring substituents is 1. The van der Waals surface area contributed by atoms with Crippen molar-refractivity contribution in [2.45, 2.75) is 57.5 Å². The minimum atomic E-state index is -0.366. The fourth-order valence-electron chi connectivity index (χ4n) is 5.53. The van der Waals surface area contributed by atoms with Crippen LogP contribution in [0.2, 0.25) is 0 Å². The molecule has 0 bridgehead atoms. The number of hydrogen-bond donors (Lipinski definition) is 0. The fourth-order valence-corrected chi connectivity index (χ4v) is 5.53. The Hall–Kier alpha value is -3.13. The number of piperidine rings is 1. The predicted molar refractivity (Wildman–Crippen MR) is 134 cm³/mol. The van der Waals surface area contributed by atoms with Crippen LogP contribution in [0.25, 0.3) is 0 Å². The molecule has 1 fully saturated rings. The van der Waals surface area contributed by atoms with E-state index in [1.807, 2.05) is 24.3 Å². The summed E-state index contributed by atoms with van der Waals surface area (Å²) in [4.78, 5) is 28.5. The number of hydrogen-bond acceptors (Lipinski definition) is 6. The Kier molecular flexibility index (Phi) is 7.90. The zero-order valence-corrected chi connectivity index (χ0v) is 20.9. The van der Waals surface area contributed by atoms with Crippen molar-refractivity contribution in [1.82, 2.24) is 9.80 Å². The molecule has 1 saturated heterocycles. The van der Waals surface area contributed by atoms with Crippen molar-refractivity contribution in [1.29, 1.82) is 0 Å². The lowest BCUT2D eigenvalue weighted by atomic mass is 9.94. The average Bonchev–Trinajstić information content (AvgIpc) is 3.04. The maximum absolute atomic E-state index is 13.4. The first kappa shape index (κ1) is 25.0. The Morgan fingerprint density at radius 3 is 2.40 bits per heavy atom. The molecule has 35 heavy (non-hydrogen) atoms. The van der Waals surface area contributed by atoms with Gasteiger partial charge in [-0.1, -0.05) is 18.6 Å². The lowest BCUT2D eigenvalue weighted by Crippen LogP contribution is -2.54. The highest BCUT2D eigenvalue weighted by atomic mass is 16.6. The largest absolute Gasteiger partial charge is 0.493 e. The third kappa shape index (κ3) is 5.59. The van der Waals surface area contributed by atoms with Crippen molar-refractivity contribution in [2.75, 3.05) is 33.9 Å². The predicted octanol–water partition coefficient (Wildman–Crippen LogP) is 4.02. The minimum Gasteiger partial charge on any atom is -0.493 e. The van der Waals surface area contributed by atoms with E-state index in [2.05, 4.69) is 16.7 Å². The first-order valence-electron chi connectivity index (χ1n) is 12.4. The lowest BCUT2D eigenvalue weighted by molar-refractivity contribution is -0.384. The van der Waals surface area contributed by atoms with E-state index in [4.69, 9.17) is 9.47 Å². The lowest BCUT2D eigenvalue weighted by Gasteiger charge is -2.43. The molecule has 8 heteroatoms. The van der Waals surface area contributed by atoms with Crippen LogP contribution in [0.15, 0.2) is 36.4 Å². The van der Waals surface area contributed by atoms with E-state index in [1.165, 1.54) is 6.42 Å². The van der Waals surface area contributed by atoms with Crippen LogP contribution in [0.3, 0.4) is 0 Å². The Labute approximate surface area is 207 Å². The third-order valence-corrected chi connectivity index (χ3v) is 7.54. The summed E-state index contributed by atoms with van der Waals surface area (Å²) in [6.07, 6.45) is 5.39. The van der Waals surface area contributed by atoms with Gasteiger partial charge in [-0.05, 0) is 68.0 Å². The summed E-state index contributed by atoms with van der Waals surface area (Å²) in [6, 6.07) is 11.2. The van der Waals surface area contributed by atoms with Gasteiger partial charge in [-0.25, -0.2) is 0 Å². The summed E-state index contributed by atoms with van der Waals surface area (Å²) >= 11 is 0. The molecule has 0 N–H and O–H groups in total. The second-order valence-corrected chi connectivity index (χ2v) is 9.50. The number of nitro benzene ring substituents is 1. The van der Waals surface area contributed by atoms with Crippen LogP contribution < -0.4 is 9.47 Å². The number of amides is 1. The number of ether oxygens (including phenoxy) is 2. The number of nitrogens with zero attached hydrogens (tertiary/aromatic N) is 3. The van der Waals surface area contributed by atoms with Gasteiger partial charge in [0.25, 0.3) is 5.69 Å². The second kappa shape index (κ2) is 11.1. The number of nitro groups is 1. The van der Waals surface area contributed by atoms with Crippen LogP contribution in [-0.4, -0.2) is 66.6 Å². The van der Waals surface area contributed by atoms with Crippen molar-refractivity contribution < 1.29 is 19.2 Å². The van der Waals surface area contributed by atoms with Gasteiger partial charge in [-0.3, -0.25) is 19.8 Å². The molecule has 0 aliphatic carbocycles. The zero-order chi connectivity index (χ0) is 24.9. The first-order valence-corrected chi connectivity index (χ1v) is 12.4. The van der Waals surface area contributed by atoms with Crippen LogP contribution >= 0.6 is 0 Å². The van der Waals surface area contributed by atoms with Gasteiger partial charge < -0.3 is 14.4 Å². The van der Waals surface area contributed by atoms with Crippen molar-refractivity contribution in [3.05, 3.63) is 63.2 Å². The number of fused-ring (bicyclic) bond motifs is 1. The molecule has 188 valence electrons. The summed E-state index contributed by atoms with van der Waals surface area (Å²) in [5.74, 6) is 1.51. The molecule has 2 aliphatic heterocycles. The summed E-state index contributed by atoms with van der Waals surface area (Å²) in [5.41, 5.74) is 3.37. The van der Waals surface area contributed by atoms with E-state index in [0.29, 0.717) is 30.5 Å². The number of methoxy groups -OCH3 is 2. The number of carbonyl (C=O) groups excluding carboxylic acids is 1. The molecule has 1 amide bonds. The highest BCUT2D eigenvalue weighted by molar-refractivity contribution is 5.80. The summed E-state index contributed by atoms with van der Waals surface area (Å²) in [5, 5.41) is 10.9. The number of benzene rings is 2. The van der Waals surface area contributed by atoms with Crippen molar-refractivity contribution in [3.63, 3.8) is 0 Å². The monoisotopic (exact) mass is 481 g/mol. The van der Waals surface area contributed by atoms with Gasteiger partial charge in [0.2, 0.25) is 5.91 Å². The van der Waals surface area contributed by atoms with Crippen LogP contribution in [0.4, 0.5) is 5.69 Å². The van der Waals surface area contributed by atoms with Gasteiger partial charge in [0.1, 0.15) is 0 Å². The molecular weight excluding hydrogens is 446 g/mol. The van der Waals surface area contributed by atoms with Crippen LogP contribution in [0.5, 0.6) is 11.5 Å². The quantitative estimate of drug-likeness (QED) is 0.418. The van der Waals surface area contributed by atoms with E-state index >= 15 is 0 Å². The molecule has 2 heterocycles. The first-order chi connectivity index (χ1) is 16.9. The van der Waals surface area contributed by atoms with Crippen molar-refractivity contribution in [2.24, 2.45) is 0 Å². The number of likely N-dealkylation sites (tertiary alicyclic amines) is 1. The number of carbonyl (C=O) groups is 1. The van der Waals surface area contributed by atoms with Crippen molar-refractivity contribution >= 4 is 11.6 Å². The van der Waals surface area contributed by atoms with Crippen LogP contribution in [0.1, 0.15) is 42.9 Å². The molecule has 0 aromatic heterocycles. The molecule has 2 aromatic rings. The van der Waals surface area contributed by atoms with Gasteiger partial charge in [0, 0.05) is 37.3 Å². The zero-order valence-electron chi connectivity index (χ0n) is 20.9. The Morgan fingerprint density at radius 2 is 1.74 bits per heavy atom. The van der Waals surface area contributed by atoms with E-state index in [0.717, 1.165) is 55.5 Å². The SMILES string of the molecule is COc1cc2c(cc1OC)CC(=O)N(C(C)C1CCCCN1CCc1ccc([N+](=O)[O-])cc1)CC2. The van der Waals surface area contributed by atoms with Crippen molar-refractivity contribution in [3.8, 4) is 11.5 Å².